The van der Waals surface area contributed by atoms with Crippen LogP contribution in [0.4, 0.5) is 0 Å². The van der Waals surface area contributed by atoms with Crippen LogP contribution in [0.2, 0.25) is 0 Å². The van der Waals surface area contributed by atoms with E-state index in [1.54, 1.807) is 0 Å². The highest BCUT2D eigenvalue weighted by Crippen LogP contribution is 2.28. The zero-order valence-electron chi connectivity index (χ0n) is 11.4. The summed E-state index contributed by atoms with van der Waals surface area (Å²) in [5.41, 5.74) is 1.68. The van der Waals surface area contributed by atoms with Gasteiger partial charge in [0.2, 0.25) is 0 Å². The number of allylic oxidation sites excluding steroid dienone is 1. The lowest BCUT2D eigenvalue weighted by Gasteiger charge is -2.30. The molecule has 0 aliphatic carbocycles. The molecule has 0 aromatic heterocycles. The first-order chi connectivity index (χ1) is 8.04. The van der Waals surface area contributed by atoms with Crippen LogP contribution >= 0.6 is 0 Å². The van der Waals surface area contributed by atoms with E-state index in [4.69, 9.17) is 0 Å². The van der Waals surface area contributed by atoms with Gasteiger partial charge in [-0.25, -0.2) is 0 Å². The second kappa shape index (κ2) is 6.61. The van der Waals surface area contributed by atoms with Crippen LogP contribution < -0.4 is 5.32 Å². The van der Waals surface area contributed by atoms with E-state index in [9.17, 15) is 0 Å². The second-order valence-electron chi connectivity index (χ2n) is 5.70. The maximum absolute atomic E-state index is 3.85. The highest BCUT2D eigenvalue weighted by molar-refractivity contribution is 5.14. The molecule has 0 spiro atoms. The van der Waals surface area contributed by atoms with Crippen LogP contribution in [0.15, 0.2) is 43.0 Å². The maximum atomic E-state index is 3.85. The zero-order chi connectivity index (χ0) is 12.7. The molecular formula is C16H25N. The summed E-state index contributed by atoms with van der Waals surface area (Å²) in [6.45, 7) is 12.7. The lowest BCUT2D eigenvalue weighted by atomic mass is 9.78. The molecule has 0 amide bonds. The Morgan fingerprint density at radius 1 is 1.24 bits per heavy atom. The first-order valence-electron chi connectivity index (χ1n) is 6.39. The smallest absolute Gasteiger partial charge is 0.0205 e. The van der Waals surface area contributed by atoms with Crippen molar-refractivity contribution in [1.29, 1.82) is 0 Å². The fourth-order valence-corrected chi connectivity index (χ4v) is 1.93. The first kappa shape index (κ1) is 14.0. The largest absolute Gasteiger partial charge is 0.312 e. The van der Waals surface area contributed by atoms with Crippen molar-refractivity contribution in [1.82, 2.24) is 5.32 Å². The molecule has 0 aliphatic rings. The lowest BCUT2D eigenvalue weighted by molar-refractivity contribution is 0.234. The molecule has 0 bridgehead atoms. The van der Waals surface area contributed by atoms with Crippen LogP contribution in [-0.4, -0.2) is 6.54 Å². The lowest BCUT2D eigenvalue weighted by Crippen LogP contribution is -2.31. The van der Waals surface area contributed by atoms with Gasteiger partial charge in [0.25, 0.3) is 0 Å². The second-order valence-corrected chi connectivity index (χ2v) is 5.70. The van der Waals surface area contributed by atoms with E-state index in [0.29, 0.717) is 11.3 Å². The van der Waals surface area contributed by atoms with Gasteiger partial charge >= 0.3 is 0 Å². The molecule has 0 fully saturated rings. The Morgan fingerprint density at radius 2 is 1.88 bits per heavy atom. The number of hydrogen-bond acceptors (Lipinski definition) is 1. The number of benzene rings is 1. The number of rotatable bonds is 6. The fraction of sp³-hybridized carbons (Fsp3) is 0.500. The van der Waals surface area contributed by atoms with Crippen LogP contribution in [0.3, 0.4) is 0 Å². The average molecular weight is 231 g/mol. The SMILES string of the molecule is C=CCC(CNCc1ccccc1)C(C)(C)C. The zero-order valence-corrected chi connectivity index (χ0v) is 11.4. The molecule has 1 heteroatoms. The topological polar surface area (TPSA) is 12.0 Å². The van der Waals surface area contributed by atoms with Gasteiger partial charge in [0, 0.05) is 6.54 Å². The van der Waals surface area contributed by atoms with E-state index >= 15 is 0 Å². The van der Waals surface area contributed by atoms with Gasteiger partial charge in [-0.2, -0.15) is 0 Å². The molecule has 0 saturated heterocycles. The van der Waals surface area contributed by atoms with Gasteiger partial charge in [0.05, 0.1) is 0 Å². The molecule has 1 N–H and O–H groups in total. The van der Waals surface area contributed by atoms with Gasteiger partial charge in [0.1, 0.15) is 0 Å². The van der Waals surface area contributed by atoms with Crippen molar-refractivity contribution in [3.8, 4) is 0 Å². The Kier molecular flexibility index (Phi) is 5.43. The Morgan fingerprint density at radius 3 is 2.41 bits per heavy atom. The Hall–Kier alpha value is -1.08. The third kappa shape index (κ3) is 5.18. The molecule has 94 valence electrons. The van der Waals surface area contributed by atoms with Crippen LogP contribution in [0.25, 0.3) is 0 Å². The van der Waals surface area contributed by atoms with Gasteiger partial charge in [-0.05, 0) is 29.9 Å². The molecule has 0 saturated carbocycles. The minimum Gasteiger partial charge on any atom is -0.312 e. The van der Waals surface area contributed by atoms with Crippen molar-refractivity contribution in [3.63, 3.8) is 0 Å². The van der Waals surface area contributed by atoms with E-state index in [1.165, 1.54) is 5.56 Å². The predicted molar refractivity (Wildman–Crippen MR) is 75.9 cm³/mol. The number of nitrogens with one attached hydrogen (secondary N) is 1. The van der Waals surface area contributed by atoms with E-state index in [1.807, 2.05) is 6.08 Å². The summed E-state index contributed by atoms with van der Waals surface area (Å²) >= 11 is 0. The van der Waals surface area contributed by atoms with Gasteiger partial charge in [-0.1, -0.05) is 57.2 Å². The van der Waals surface area contributed by atoms with E-state index < -0.39 is 0 Å². The van der Waals surface area contributed by atoms with Crippen molar-refractivity contribution < 1.29 is 0 Å². The summed E-state index contributed by atoms with van der Waals surface area (Å²) < 4.78 is 0. The fourth-order valence-electron chi connectivity index (χ4n) is 1.93. The average Bonchev–Trinajstić information content (AvgIpc) is 2.28. The predicted octanol–water partition coefficient (Wildman–Crippen LogP) is 4.01. The molecular weight excluding hydrogens is 206 g/mol. The molecule has 1 rings (SSSR count). The quantitative estimate of drug-likeness (QED) is 0.729. The molecule has 1 aromatic carbocycles. The summed E-state index contributed by atoms with van der Waals surface area (Å²) in [6, 6.07) is 10.5. The minimum absolute atomic E-state index is 0.331. The molecule has 0 radical (unpaired) electrons. The van der Waals surface area contributed by atoms with Crippen LogP contribution in [0.1, 0.15) is 32.8 Å². The molecule has 0 aliphatic heterocycles. The van der Waals surface area contributed by atoms with Crippen LogP contribution in [0.5, 0.6) is 0 Å². The van der Waals surface area contributed by atoms with Crippen molar-refractivity contribution in [2.75, 3.05) is 6.54 Å². The van der Waals surface area contributed by atoms with Crippen LogP contribution in [-0.2, 0) is 6.54 Å². The van der Waals surface area contributed by atoms with Gasteiger partial charge < -0.3 is 5.32 Å². The van der Waals surface area contributed by atoms with Gasteiger partial charge in [0.15, 0.2) is 0 Å². The minimum atomic E-state index is 0.331. The monoisotopic (exact) mass is 231 g/mol. The van der Waals surface area contributed by atoms with Crippen molar-refractivity contribution in [3.05, 3.63) is 48.6 Å². The highest BCUT2D eigenvalue weighted by Gasteiger charge is 2.22. The Balaban J connectivity index is 2.40. The van der Waals surface area contributed by atoms with Crippen molar-refractivity contribution >= 4 is 0 Å². The molecule has 1 aromatic rings. The molecule has 1 unspecified atom stereocenters. The van der Waals surface area contributed by atoms with Gasteiger partial charge in [-0.15, -0.1) is 6.58 Å². The molecule has 1 atom stereocenters. The Bertz CT molecular complexity index is 321. The molecule has 1 nitrogen and oxygen atoms in total. The van der Waals surface area contributed by atoms with E-state index in [-0.39, 0.29) is 0 Å². The third-order valence-electron chi connectivity index (χ3n) is 3.24. The maximum Gasteiger partial charge on any atom is 0.0205 e. The Labute approximate surface area is 106 Å². The summed E-state index contributed by atoms with van der Waals surface area (Å²) in [5.74, 6) is 0.642. The van der Waals surface area contributed by atoms with E-state index in [2.05, 4.69) is 63.0 Å². The summed E-state index contributed by atoms with van der Waals surface area (Å²) in [7, 11) is 0. The normalized spacial score (nSPS) is 13.4. The van der Waals surface area contributed by atoms with Crippen LogP contribution in [0, 0.1) is 11.3 Å². The third-order valence-corrected chi connectivity index (χ3v) is 3.24. The van der Waals surface area contributed by atoms with Gasteiger partial charge in [-0.3, -0.25) is 0 Å². The van der Waals surface area contributed by atoms with Crippen molar-refractivity contribution in [2.24, 2.45) is 11.3 Å². The first-order valence-corrected chi connectivity index (χ1v) is 6.39. The summed E-state index contributed by atoms with van der Waals surface area (Å²) in [4.78, 5) is 0. The standard InChI is InChI=1S/C16H25N/c1-5-9-15(16(2,3)4)13-17-12-14-10-7-6-8-11-14/h5-8,10-11,15,17H,1,9,12-13H2,2-4H3. The van der Waals surface area contributed by atoms with E-state index in [0.717, 1.165) is 19.5 Å². The molecule has 0 heterocycles. The molecule has 17 heavy (non-hydrogen) atoms. The number of hydrogen-bond donors (Lipinski definition) is 1. The van der Waals surface area contributed by atoms with Crippen molar-refractivity contribution in [2.45, 2.75) is 33.7 Å². The summed E-state index contributed by atoms with van der Waals surface area (Å²) in [6.07, 6.45) is 3.10. The highest BCUT2D eigenvalue weighted by atomic mass is 14.9. The summed E-state index contributed by atoms with van der Waals surface area (Å²) in [5, 5.41) is 3.55.